The number of Topliss-reactive ketones (excluding diaryl/α,β-unsaturated/α-hetero) is 1. The molecule has 1 rings (SSSR count). The molecule has 1 aliphatic rings. The highest BCUT2D eigenvalue weighted by Gasteiger charge is 2.36. The van der Waals surface area contributed by atoms with E-state index in [1.165, 1.54) is 0 Å². The van der Waals surface area contributed by atoms with Crippen LogP contribution in [-0.4, -0.2) is 21.8 Å². The summed E-state index contributed by atoms with van der Waals surface area (Å²) in [5.41, 5.74) is 0.889. The van der Waals surface area contributed by atoms with Gasteiger partial charge >= 0.3 is 0 Å². The predicted molar refractivity (Wildman–Crippen MR) is 72.8 cm³/mol. The van der Waals surface area contributed by atoms with E-state index < -0.39 is 23.2 Å². The second-order valence-electron chi connectivity index (χ2n) is 5.28. The fourth-order valence-corrected chi connectivity index (χ4v) is 1.86. The van der Waals surface area contributed by atoms with Crippen LogP contribution in [0.5, 0.6) is 0 Å². The van der Waals surface area contributed by atoms with Gasteiger partial charge in [0.15, 0.2) is 11.6 Å². The standard InChI is InChI=1S/C15H20O4/c1-8(2)5-6-10-11(16)7-12(17)13(15(10)19)14(18)9(3)4/h5,7,9-10,17-18H,6H2,1-4H3/b14-13+. The molecule has 1 aliphatic carbocycles. The lowest BCUT2D eigenvalue weighted by Gasteiger charge is -2.20. The van der Waals surface area contributed by atoms with Crippen LogP contribution in [0.1, 0.15) is 34.1 Å². The van der Waals surface area contributed by atoms with Crippen molar-refractivity contribution in [2.24, 2.45) is 11.8 Å². The van der Waals surface area contributed by atoms with Gasteiger partial charge in [-0.25, -0.2) is 0 Å². The first-order chi connectivity index (χ1) is 8.75. The Morgan fingerprint density at radius 1 is 1.37 bits per heavy atom. The Morgan fingerprint density at radius 3 is 2.42 bits per heavy atom. The number of carbonyl (C=O) groups is 2. The van der Waals surface area contributed by atoms with Crippen molar-refractivity contribution in [2.75, 3.05) is 0 Å². The second-order valence-corrected chi connectivity index (χ2v) is 5.28. The van der Waals surface area contributed by atoms with E-state index in [0.29, 0.717) is 6.42 Å². The van der Waals surface area contributed by atoms with Crippen LogP contribution in [0.2, 0.25) is 0 Å². The van der Waals surface area contributed by atoms with E-state index in [2.05, 4.69) is 0 Å². The maximum atomic E-state index is 12.2. The van der Waals surface area contributed by atoms with Crippen LogP contribution in [0.3, 0.4) is 0 Å². The summed E-state index contributed by atoms with van der Waals surface area (Å²) in [6.45, 7) is 7.19. The third-order valence-corrected chi connectivity index (χ3v) is 3.01. The fourth-order valence-electron chi connectivity index (χ4n) is 1.86. The first-order valence-electron chi connectivity index (χ1n) is 6.31. The third-order valence-electron chi connectivity index (χ3n) is 3.01. The lowest BCUT2D eigenvalue weighted by atomic mass is 9.82. The zero-order valence-corrected chi connectivity index (χ0v) is 11.7. The highest BCUT2D eigenvalue weighted by Crippen LogP contribution is 2.28. The lowest BCUT2D eigenvalue weighted by molar-refractivity contribution is -0.128. The van der Waals surface area contributed by atoms with Crippen LogP contribution < -0.4 is 0 Å². The summed E-state index contributed by atoms with van der Waals surface area (Å²) in [6, 6.07) is 0. The summed E-state index contributed by atoms with van der Waals surface area (Å²) in [5, 5.41) is 19.6. The molecule has 0 heterocycles. The number of allylic oxidation sites excluding steroid dienone is 5. The highest BCUT2D eigenvalue weighted by atomic mass is 16.3. The van der Waals surface area contributed by atoms with Crippen molar-refractivity contribution < 1.29 is 19.8 Å². The number of aliphatic hydroxyl groups is 2. The Bertz CT molecular complexity index is 488. The van der Waals surface area contributed by atoms with Gasteiger partial charge in [-0.15, -0.1) is 0 Å². The minimum Gasteiger partial charge on any atom is -0.511 e. The van der Waals surface area contributed by atoms with Crippen molar-refractivity contribution in [2.45, 2.75) is 34.1 Å². The molecule has 19 heavy (non-hydrogen) atoms. The number of aliphatic hydroxyl groups excluding tert-OH is 2. The Kier molecular flexibility index (Phi) is 4.70. The smallest absolute Gasteiger partial charge is 0.181 e. The molecule has 0 amide bonds. The second kappa shape index (κ2) is 5.87. The maximum absolute atomic E-state index is 12.2. The molecular formula is C15H20O4. The lowest BCUT2D eigenvalue weighted by Crippen LogP contribution is -2.30. The largest absolute Gasteiger partial charge is 0.511 e. The third kappa shape index (κ3) is 3.34. The van der Waals surface area contributed by atoms with E-state index in [9.17, 15) is 19.8 Å². The summed E-state index contributed by atoms with van der Waals surface area (Å²) >= 11 is 0. The predicted octanol–water partition coefficient (Wildman–Crippen LogP) is 3.02. The zero-order chi connectivity index (χ0) is 14.7. The van der Waals surface area contributed by atoms with Crippen molar-refractivity contribution in [1.29, 1.82) is 0 Å². The normalized spacial score (nSPS) is 22.4. The Morgan fingerprint density at radius 2 is 1.95 bits per heavy atom. The number of ketones is 2. The average Bonchev–Trinajstić information content (AvgIpc) is 2.27. The van der Waals surface area contributed by atoms with Gasteiger partial charge in [-0.05, 0) is 20.3 Å². The van der Waals surface area contributed by atoms with Crippen molar-refractivity contribution >= 4 is 11.6 Å². The van der Waals surface area contributed by atoms with Crippen molar-refractivity contribution in [3.63, 3.8) is 0 Å². The fraction of sp³-hybridized carbons (Fsp3) is 0.467. The molecule has 0 saturated carbocycles. The molecule has 0 aromatic carbocycles. The molecule has 0 saturated heterocycles. The molecule has 0 radical (unpaired) electrons. The van der Waals surface area contributed by atoms with Gasteiger partial charge in [0.05, 0.1) is 11.5 Å². The minimum absolute atomic E-state index is 0.123. The van der Waals surface area contributed by atoms with Crippen LogP contribution in [-0.2, 0) is 9.59 Å². The average molecular weight is 264 g/mol. The summed E-state index contributed by atoms with van der Waals surface area (Å²) in [5.74, 6) is -2.66. The summed E-state index contributed by atoms with van der Waals surface area (Å²) in [7, 11) is 0. The Labute approximate surface area is 113 Å². The monoisotopic (exact) mass is 264 g/mol. The van der Waals surface area contributed by atoms with Gasteiger partial charge in [-0.1, -0.05) is 25.5 Å². The zero-order valence-electron chi connectivity index (χ0n) is 11.7. The van der Waals surface area contributed by atoms with Crippen molar-refractivity contribution in [3.8, 4) is 0 Å². The summed E-state index contributed by atoms with van der Waals surface area (Å²) < 4.78 is 0. The van der Waals surface area contributed by atoms with E-state index in [4.69, 9.17) is 0 Å². The molecule has 0 aromatic rings. The first-order valence-corrected chi connectivity index (χ1v) is 6.31. The molecule has 0 aliphatic heterocycles. The molecule has 104 valence electrons. The molecule has 4 heteroatoms. The molecule has 0 spiro atoms. The molecule has 4 nitrogen and oxygen atoms in total. The molecular weight excluding hydrogens is 244 g/mol. The number of hydrogen-bond acceptors (Lipinski definition) is 4. The van der Waals surface area contributed by atoms with E-state index in [-0.39, 0.29) is 17.3 Å². The van der Waals surface area contributed by atoms with Crippen LogP contribution in [0.25, 0.3) is 0 Å². The first kappa shape index (κ1) is 15.2. The maximum Gasteiger partial charge on any atom is 0.181 e. The molecule has 1 unspecified atom stereocenters. The molecule has 2 N–H and O–H groups in total. The van der Waals surface area contributed by atoms with Gasteiger partial charge in [-0.2, -0.15) is 0 Å². The Hall–Kier alpha value is -1.84. The van der Waals surface area contributed by atoms with Gasteiger partial charge in [-0.3, -0.25) is 9.59 Å². The van der Waals surface area contributed by atoms with Crippen LogP contribution >= 0.6 is 0 Å². The van der Waals surface area contributed by atoms with Gasteiger partial charge in [0, 0.05) is 12.0 Å². The number of hydrogen-bond donors (Lipinski definition) is 2. The van der Waals surface area contributed by atoms with Crippen molar-refractivity contribution in [3.05, 3.63) is 34.8 Å². The van der Waals surface area contributed by atoms with E-state index in [1.54, 1.807) is 19.9 Å². The van der Waals surface area contributed by atoms with E-state index in [1.807, 2.05) is 13.8 Å². The van der Waals surface area contributed by atoms with Crippen molar-refractivity contribution in [1.82, 2.24) is 0 Å². The van der Waals surface area contributed by atoms with Crippen LogP contribution in [0.15, 0.2) is 34.8 Å². The number of rotatable bonds is 3. The summed E-state index contributed by atoms with van der Waals surface area (Å²) in [6.07, 6.45) is 3.12. The topological polar surface area (TPSA) is 74.6 Å². The Balaban J connectivity index is 3.21. The molecule has 1 atom stereocenters. The van der Waals surface area contributed by atoms with Crippen LogP contribution in [0.4, 0.5) is 0 Å². The highest BCUT2D eigenvalue weighted by molar-refractivity contribution is 6.19. The van der Waals surface area contributed by atoms with Gasteiger partial charge in [0.1, 0.15) is 11.5 Å². The molecule has 0 fully saturated rings. The van der Waals surface area contributed by atoms with E-state index in [0.717, 1.165) is 11.6 Å². The van der Waals surface area contributed by atoms with Gasteiger partial charge < -0.3 is 10.2 Å². The number of carbonyl (C=O) groups excluding carboxylic acids is 2. The minimum atomic E-state index is -0.846. The summed E-state index contributed by atoms with van der Waals surface area (Å²) in [4.78, 5) is 24.0. The molecule has 0 bridgehead atoms. The van der Waals surface area contributed by atoms with Crippen LogP contribution in [0, 0.1) is 11.8 Å². The molecule has 0 aromatic heterocycles. The van der Waals surface area contributed by atoms with Gasteiger partial charge in [0.25, 0.3) is 0 Å². The van der Waals surface area contributed by atoms with E-state index >= 15 is 0 Å². The SMILES string of the molecule is CC(C)=CCC1C(=O)C=C(O)/C(=C(\O)C(C)C)C1=O. The quantitative estimate of drug-likeness (QED) is 0.355. The van der Waals surface area contributed by atoms with Gasteiger partial charge in [0.2, 0.25) is 0 Å².